The molecule has 2 aliphatic rings. The summed E-state index contributed by atoms with van der Waals surface area (Å²) in [6, 6.07) is 2.96. The summed E-state index contributed by atoms with van der Waals surface area (Å²) in [4.78, 5) is 0. The summed E-state index contributed by atoms with van der Waals surface area (Å²) < 4.78 is 6.96. The van der Waals surface area contributed by atoms with E-state index in [9.17, 15) is 0 Å². The van der Waals surface area contributed by atoms with Crippen LogP contribution in [0.15, 0.2) is 0 Å². The predicted molar refractivity (Wildman–Crippen MR) is 67.3 cm³/mol. The Bertz CT molecular complexity index is 282. The molecule has 0 radical (unpaired) electrons. The van der Waals surface area contributed by atoms with Gasteiger partial charge in [-0.25, -0.2) is 0 Å². The van der Waals surface area contributed by atoms with Crippen LogP contribution in [0.3, 0.4) is 0 Å². The van der Waals surface area contributed by atoms with Crippen LogP contribution in [-0.2, 0) is 4.74 Å². The van der Waals surface area contributed by atoms with Crippen LogP contribution in [-0.4, -0.2) is 43.9 Å². The van der Waals surface area contributed by atoms with Gasteiger partial charge in [-0.15, -0.1) is 0 Å². The molecule has 0 saturated carbocycles. The molecule has 2 heterocycles. The predicted octanol–water partition coefficient (Wildman–Crippen LogP) is 2.33. The fourth-order valence-electron chi connectivity index (χ4n) is 3.78. The highest BCUT2D eigenvalue weighted by Crippen LogP contribution is 2.35. The molecule has 0 aromatic heterocycles. The number of quaternary nitrogens is 1. The lowest BCUT2D eigenvalue weighted by atomic mass is 9.82. The first kappa shape index (κ1) is 12.9. The minimum Gasteiger partial charge on any atom is -0.380 e. The maximum absolute atomic E-state index is 8.50. The largest absolute Gasteiger partial charge is 0.380 e. The number of hydrogen-bond donors (Lipinski definition) is 0. The van der Waals surface area contributed by atoms with Crippen LogP contribution < -0.4 is 0 Å². The Kier molecular flexibility index (Phi) is 4.42. The second-order valence-corrected chi connectivity index (χ2v) is 5.88. The molecular formula is C14H25N2O+. The van der Waals surface area contributed by atoms with Crippen molar-refractivity contribution in [2.45, 2.75) is 44.6 Å². The van der Waals surface area contributed by atoms with E-state index in [0.29, 0.717) is 13.0 Å². The van der Waals surface area contributed by atoms with Gasteiger partial charge >= 0.3 is 0 Å². The molecule has 0 amide bonds. The Hall–Kier alpha value is -0.590. The van der Waals surface area contributed by atoms with Crippen molar-refractivity contribution in [2.75, 3.05) is 33.4 Å². The van der Waals surface area contributed by atoms with Crippen molar-refractivity contribution in [3.8, 4) is 6.07 Å². The lowest BCUT2D eigenvalue weighted by molar-refractivity contribution is -0.947. The minimum atomic E-state index is 0.531. The topological polar surface area (TPSA) is 33.0 Å². The van der Waals surface area contributed by atoms with Crippen molar-refractivity contribution in [1.82, 2.24) is 0 Å². The summed E-state index contributed by atoms with van der Waals surface area (Å²) in [5.74, 6) is 0.729. The van der Waals surface area contributed by atoms with Gasteiger partial charge in [0.15, 0.2) is 0 Å². The molecule has 0 aromatic rings. The molecule has 2 fully saturated rings. The molecule has 17 heavy (non-hydrogen) atoms. The maximum atomic E-state index is 8.50. The van der Waals surface area contributed by atoms with E-state index < -0.39 is 0 Å². The summed E-state index contributed by atoms with van der Waals surface area (Å²) in [5, 5.41) is 8.50. The van der Waals surface area contributed by atoms with Crippen molar-refractivity contribution < 1.29 is 9.22 Å². The molecule has 0 spiro atoms. The third-order valence-electron chi connectivity index (χ3n) is 4.70. The Labute approximate surface area is 105 Å². The Morgan fingerprint density at radius 2 is 2.06 bits per heavy atom. The number of nitrogens with zero attached hydrogens (tertiary/aromatic N) is 2. The normalized spacial score (nSPS) is 37.2. The molecule has 0 N–H and O–H groups in total. The van der Waals surface area contributed by atoms with Gasteiger partial charge in [0.05, 0.1) is 51.9 Å². The van der Waals surface area contributed by atoms with E-state index in [1.807, 2.05) is 0 Å². The van der Waals surface area contributed by atoms with Crippen LogP contribution in [0.5, 0.6) is 0 Å². The highest BCUT2D eigenvalue weighted by Gasteiger charge is 2.43. The maximum Gasteiger partial charge on any atom is 0.0939 e. The van der Waals surface area contributed by atoms with E-state index in [1.165, 1.54) is 49.7 Å². The third-order valence-corrected chi connectivity index (χ3v) is 4.70. The molecule has 96 valence electrons. The second-order valence-electron chi connectivity index (χ2n) is 5.88. The SMILES string of the molecule is C[N@@+]12CCCC[C@@H]1[C@H](COCCC#N)CCC2. The van der Waals surface area contributed by atoms with Gasteiger partial charge in [0.1, 0.15) is 0 Å². The van der Waals surface area contributed by atoms with Gasteiger partial charge < -0.3 is 9.22 Å². The van der Waals surface area contributed by atoms with Gasteiger partial charge in [-0.2, -0.15) is 5.26 Å². The van der Waals surface area contributed by atoms with Crippen LogP contribution in [0, 0.1) is 17.2 Å². The molecule has 2 saturated heterocycles. The van der Waals surface area contributed by atoms with Gasteiger partial charge in [0.25, 0.3) is 0 Å². The summed E-state index contributed by atoms with van der Waals surface area (Å²) in [7, 11) is 2.44. The molecule has 3 nitrogen and oxygen atoms in total. The van der Waals surface area contributed by atoms with Crippen molar-refractivity contribution >= 4 is 0 Å². The zero-order valence-corrected chi connectivity index (χ0v) is 11.0. The monoisotopic (exact) mass is 237 g/mol. The van der Waals surface area contributed by atoms with E-state index >= 15 is 0 Å². The summed E-state index contributed by atoms with van der Waals surface area (Å²) in [6.07, 6.45) is 7.37. The van der Waals surface area contributed by atoms with Gasteiger partial charge in [-0.05, 0) is 25.7 Å². The Morgan fingerprint density at radius 1 is 1.24 bits per heavy atom. The van der Waals surface area contributed by atoms with E-state index in [0.717, 1.165) is 18.6 Å². The second kappa shape index (κ2) is 5.84. The highest BCUT2D eigenvalue weighted by atomic mass is 16.5. The average Bonchev–Trinajstić information content (AvgIpc) is 2.34. The number of nitriles is 1. The summed E-state index contributed by atoms with van der Waals surface area (Å²) in [5.41, 5.74) is 0. The van der Waals surface area contributed by atoms with Gasteiger partial charge in [-0.1, -0.05) is 0 Å². The lowest BCUT2D eigenvalue weighted by Gasteiger charge is -2.51. The zero-order valence-electron chi connectivity index (χ0n) is 11.0. The Balaban J connectivity index is 1.86. The van der Waals surface area contributed by atoms with Crippen LogP contribution in [0.2, 0.25) is 0 Å². The summed E-state index contributed by atoms with van der Waals surface area (Å²) in [6.45, 7) is 4.21. The fourth-order valence-corrected chi connectivity index (χ4v) is 3.78. The smallest absolute Gasteiger partial charge is 0.0939 e. The van der Waals surface area contributed by atoms with Crippen molar-refractivity contribution in [3.63, 3.8) is 0 Å². The number of rotatable bonds is 4. The molecule has 2 rings (SSSR count). The quantitative estimate of drug-likeness (QED) is 0.555. The van der Waals surface area contributed by atoms with E-state index in [-0.39, 0.29) is 0 Å². The number of fused-ring (bicyclic) bond motifs is 1. The van der Waals surface area contributed by atoms with E-state index in [2.05, 4.69) is 13.1 Å². The van der Waals surface area contributed by atoms with Gasteiger partial charge in [-0.3, -0.25) is 0 Å². The van der Waals surface area contributed by atoms with E-state index in [1.54, 1.807) is 0 Å². The molecule has 0 aromatic carbocycles. The number of piperidine rings is 2. The van der Waals surface area contributed by atoms with Gasteiger partial charge in [0, 0.05) is 12.3 Å². The van der Waals surface area contributed by atoms with E-state index in [4.69, 9.17) is 10.00 Å². The lowest BCUT2D eigenvalue weighted by Crippen LogP contribution is -2.61. The van der Waals surface area contributed by atoms with Crippen LogP contribution in [0.4, 0.5) is 0 Å². The molecule has 3 heteroatoms. The van der Waals surface area contributed by atoms with Crippen molar-refractivity contribution in [3.05, 3.63) is 0 Å². The Morgan fingerprint density at radius 3 is 2.88 bits per heavy atom. The minimum absolute atomic E-state index is 0.531. The van der Waals surface area contributed by atoms with Crippen LogP contribution in [0.25, 0.3) is 0 Å². The first-order valence-electron chi connectivity index (χ1n) is 7.05. The number of hydrogen-bond acceptors (Lipinski definition) is 2. The molecule has 2 aliphatic heterocycles. The molecular weight excluding hydrogens is 212 g/mol. The standard InChI is InChI=1S/C14H25N2O/c1-16-9-3-2-7-14(16)13(6-4-10-16)12-17-11-5-8-15/h13-14H,2-7,9-12H2,1H3/q+1/t13-,14+,16-/m0/s1. The van der Waals surface area contributed by atoms with Crippen molar-refractivity contribution in [2.24, 2.45) is 5.92 Å². The fraction of sp³-hybridized carbons (Fsp3) is 0.929. The molecule has 3 atom stereocenters. The zero-order chi connectivity index (χ0) is 12.1. The molecule has 0 unspecified atom stereocenters. The molecule has 0 bridgehead atoms. The highest BCUT2D eigenvalue weighted by molar-refractivity contribution is 4.79. The van der Waals surface area contributed by atoms with Crippen molar-refractivity contribution in [1.29, 1.82) is 5.26 Å². The van der Waals surface area contributed by atoms with Crippen LogP contribution >= 0.6 is 0 Å². The summed E-state index contributed by atoms with van der Waals surface area (Å²) >= 11 is 0. The first-order chi connectivity index (χ1) is 8.26. The van der Waals surface area contributed by atoms with Gasteiger partial charge in [0.2, 0.25) is 0 Å². The first-order valence-corrected chi connectivity index (χ1v) is 7.05. The van der Waals surface area contributed by atoms with Crippen LogP contribution in [0.1, 0.15) is 38.5 Å². The number of ether oxygens (including phenoxy) is 1. The average molecular weight is 237 g/mol. The molecule has 0 aliphatic carbocycles. The third kappa shape index (κ3) is 3.00.